The summed E-state index contributed by atoms with van der Waals surface area (Å²) in [4.78, 5) is 28.9. The van der Waals surface area contributed by atoms with Gasteiger partial charge in [-0.05, 0) is 38.3 Å². The molecule has 1 aromatic heterocycles. The zero-order valence-electron chi connectivity index (χ0n) is 11.2. The zero-order chi connectivity index (χ0) is 13.7. The average molecular weight is 261 g/mol. The molecule has 2 heterocycles. The number of ketones is 1. The summed E-state index contributed by atoms with van der Waals surface area (Å²) >= 11 is 0. The minimum Gasteiger partial charge on any atom is -0.357 e. The van der Waals surface area contributed by atoms with Gasteiger partial charge in [-0.1, -0.05) is 0 Å². The second kappa shape index (κ2) is 6.31. The third-order valence-electron chi connectivity index (χ3n) is 3.12. The third-order valence-corrected chi connectivity index (χ3v) is 3.12. The number of anilines is 2. The Labute approximate surface area is 113 Å². The summed E-state index contributed by atoms with van der Waals surface area (Å²) in [5, 5.41) is 2.66. The van der Waals surface area contributed by atoms with Crippen molar-refractivity contribution in [2.45, 2.75) is 32.6 Å². The van der Waals surface area contributed by atoms with Crippen LogP contribution >= 0.6 is 0 Å². The maximum absolute atomic E-state index is 11.4. The van der Waals surface area contributed by atoms with E-state index in [0.29, 0.717) is 5.69 Å². The number of pyridine rings is 1. The first-order valence-electron chi connectivity index (χ1n) is 6.65. The van der Waals surface area contributed by atoms with Crippen LogP contribution < -0.4 is 10.2 Å². The number of nitrogens with one attached hydrogen (secondary N) is 1. The van der Waals surface area contributed by atoms with Gasteiger partial charge >= 0.3 is 0 Å². The fraction of sp³-hybridized carbons (Fsp3) is 0.500. The smallest absolute Gasteiger partial charge is 0.231 e. The standard InChI is InChI=1S/C14H19N3O2/c1-11(18)9-14(19)16-12-5-6-13(15-10-12)17-7-3-2-4-8-17/h5-6,10H,2-4,7-9H2,1H3,(H,16,19). The topological polar surface area (TPSA) is 62.3 Å². The highest BCUT2D eigenvalue weighted by Gasteiger charge is 2.12. The Balaban J connectivity index is 1.94. The first-order chi connectivity index (χ1) is 9.15. The van der Waals surface area contributed by atoms with Crippen LogP contribution in [0.25, 0.3) is 0 Å². The molecular weight excluding hydrogens is 242 g/mol. The molecule has 1 aliphatic heterocycles. The molecule has 1 N–H and O–H groups in total. The number of hydrogen-bond acceptors (Lipinski definition) is 4. The van der Waals surface area contributed by atoms with E-state index in [4.69, 9.17) is 0 Å². The average Bonchev–Trinajstić information content (AvgIpc) is 2.39. The Hall–Kier alpha value is -1.91. The van der Waals surface area contributed by atoms with Crippen LogP contribution in [0.4, 0.5) is 11.5 Å². The largest absolute Gasteiger partial charge is 0.357 e. The molecule has 0 aliphatic carbocycles. The summed E-state index contributed by atoms with van der Waals surface area (Å²) in [5.74, 6) is 0.514. The van der Waals surface area contributed by atoms with E-state index in [2.05, 4.69) is 15.2 Å². The lowest BCUT2D eigenvalue weighted by atomic mass is 10.1. The van der Waals surface area contributed by atoms with Crippen molar-refractivity contribution in [3.63, 3.8) is 0 Å². The molecule has 0 saturated carbocycles. The van der Waals surface area contributed by atoms with E-state index in [1.165, 1.54) is 26.2 Å². The maximum Gasteiger partial charge on any atom is 0.231 e. The summed E-state index contributed by atoms with van der Waals surface area (Å²) in [7, 11) is 0. The predicted octanol–water partition coefficient (Wildman–Crippen LogP) is 1.99. The Kier molecular flexibility index (Phi) is 4.49. The highest BCUT2D eigenvalue weighted by molar-refractivity contribution is 6.03. The second-order valence-electron chi connectivity index (χ2n) is 4.88. The van der Waals surface area contributed by atoms with Gasteiger partial charge in [0.15, 0.2) is 0 Å². The van der Waals surface area contributed by atoms with Gasteiger partial charge in [0.2, 0.25) is 5.91 Å². The number of amides is 1. The van der Waals surface area contributed by atoms with Crippen molar-refractivity contribution in [2.24, 2.45) is 0 Å². The van der Waals surface area contributed by atoms with E-state index in [-0.39, 0.29) is 18.1 Å². The number of nitrogens with zero attached hydrogens (tertiary/aromatic N) is 2. The number of Topliss-reactive ketones (excluding diaryl/α,β-unsaturated/α-hetero) is 1. The van der Waals surface area contributed by atoms with Crippen molar-refractivity contribution < 1.29 is 9.59 Å². The number of rotatable bonds is 4. The van der Waals surface area contributed by atoms with E-state index in [1.807, 2.05) is 12.1 Å². The lowest BCUT2D eigenvalue weighted by Gasteiger charge is -2.27. The molecule has 102 valence electrons. The Morgan fingerprint density at radius 1 is 1.26 bits per heavy atom. The molecule has 1 fully saturated rings. The van der Waals surface area contributed by atoms with Gasteiger partial charge in [-0.15, -0.1) is 0 Å². The molecule has 0 unspecified atom stereocenters. The molecule has 0 spiro atoms. The van der Waals surface area contributed by atoms with E-state index in [0.717, 1.165) is 18.9 Å². The normalized spacial score (nSPS) is 15.1. The van der Waals surface area contributed by atoms with Crippen molar-refractivity contribution >= 4 is 23.2 Å². The van der Waals surface area contributed by atoms with Crippen molar-refractivity contribution in [1.29, 1.82) is 0 Å². The van der Waals surface area contributed by atoms with Gasteiger partial charge < -0.3 is 10.2 Å². The third kappa shape index (κ3) is 4.05. The molecule has 5 heteroatoms. The molecule has 0 aromatic carbocycles. The van der Waals surface area contributed by atoms with Crippen LogP contribution in [0.5, 0.6) is 0 Å². The van der Waals surface area contributed by atoms with E-state index in [9.17, 15) is 9.59 Å². The van der Waals surface area contributed by atoms with Gasteiger partial charge in [-0.25, -0.2) is 4.98 Å². The lowest BCUT2D eigenvalue weighted by molar-refractivity contribution is -0.124. The molecule has 0 bridgehead atoms. The van der Waals surface area contributed by atoms with Crippen molar-refractivity contribution in [3.05, 3.63) is 18.3 Å². The summed E-state index contributed by atoms with van der Waals surface area (Å²) in [5.41, 5.74) is 0.631. The minimum absolute atomic E-state index is 0.0894. The van der Waals surface area contributed by atoms with Crippen LogP contribution in [0, 0.1) is 0 Å². The van der Waals surface area contributed by atoms with Crippen molar-refractivity contribution in [3.8, 4) is 0 Å². The minimum atomic E-state index is -0.292. The van der Waals surface area contributed by atoms with E-state index < -0.39 is 0 Å². The van der Waals surface area contributed by atoms with Crippen LogP contribution in [0.1, 0.15) is 32.6 Å². The lowest BCUT2D eigenvalue weighted by Crippen LogP contribution is -2.30. The van der Waals surface area contributed by atoms with Crippen LogP contribution in [0.3, 0.4) is 0 Å². The summed E-state index contributed by atoms with van der Waals surface area (Å²) in [6, 6.07) is 3.74. The van der Waals surface area contributed by atoms with Gasteiger partial charge in [0.1, 0.15) is 11.6 Å². The Morgan fingerprint density at radius 3 is 2.58 bits per heavy atom. The number of carbonyl (C=O) groups excluding carboxylic acids is 2. The SMILES string of the molecule is CC(=O)CC(=O)Nc1ccc(N2CCCCC2)nc1. The first kappa shape index (κ1) is 13.5. The molecule has 19 heavy (non-hydrogen) atoms. The monoisotopic (exact) mass is 261 g/mol. The molecule has 2 rings (SSSR count). The Morgan fingerprint density at radius 2 is 2.00 bits per heavy atom. The van der Waals surface area contributed by atoms with Gasteiger partial charge in [-0.3, -0.25) is 9.59 Å². The number of aromatic nitrogens is 1. The summed E-state index contributed by atoms with van der Waals surface area (Å²) < 4.78 is 0. The van der Waals surface area contributed by atoms with Crippen LogP contribution in [0.2, 0.25) is 0 Å². The fourth-order valence-electron chi connectivity index (χ4n) is 2.20. The highest BCUT2D eigenvalue weighted by Crippen LogP contribution is 2.18. The fourth-order valence-corrected chi connectivity index (χ4v) is 2.20. The molecule has 1 amide bonds. The molecule has 1 aromatic rings. The van der Waals surface area contributed by atoms with Crippen LogP contribution in [0.15, 0.2) is 18.3 Å². The van der Waals surface area contributed by atoms with Crippen LogP contribution in [-0.4, -0.2) is 29.8 Å². The maximum atomic E-state index is 11.4. The molecular formula is C14H19N3O2. The van der Waals surface area contributed by atoms with E-state index in [1.54, 1.807) is 6.20 Å². The quantitative estimate of drug-likeness (QED) is 0.842. The predicted molar refractivity (Wildman–Crippen MR) is 74.2 cm³/mol. The van der Waals surface area contributed by atoms with Crippen molar-refractivity contribution in [2.75, 3.05) is 23.3 Å². The van der Waals surface area contributed by atoms with Crippen LogP contribution in [-0.2, 0) is 9.59 Å². The van der Waals surface area contributed by atoms with Gasteiger partial charge in [0.25, 0.3) is 0 Å². The van der Waals surface area contributed by atoms with Gasteiger partial charge in [0, 0.05) is 13.1 Å². The molecule has 0 radical (unpaired) electrons. The zero-order valence-corrected chi connectivity index (χ0v) is 11.2. The van der Waals surface area contributed by atoms with Gasteiger partial charge in [-0.2, -0.15) is 0 Å². The van der Waals surface area contributed by atoms with Crippen molar-refractivity contribution in [1.82, 2.24) is 4.98 Å². The summed E-state index contributed by atoms with van der Waals surface area (Å²) in [6.45, 7) is 3.49. The molecule has 1 saturated heterocycles. The number of hydrogen-bond donors (Lipinski definition) is 1. The number of carbonyl (C=O) groups is 2. The first-order valence-corrected chi connectivity index (χ1v) is 6.65. The molecule has 5 nitrogen and oxygen atoms in total. The van der Waals surface area contributed by atoms with E-state index >= 15 is 0 Å². The van der Waals surface area contributed by atoms with Gasteiger partial charge in [0.05, 0.1) is 18.3 Å². The Bertz CT molecular complexity index is 450. The molecule has 0 atom stereocenters. The number of piperidine rings is 1. The summed E-state index contributed by atoms with van der Waals surface area (Å²) in [6.07, 6.45) is 5.25. The highest BCUT2D eigenvalue weighted by atomic mass is 16.2. The molecule has 1 aliphatic rings. The second-order valence-corrected chi connectivity index (χ2v) is 4.88.